The third kappa shape index (κ3) is 9.21. The van der Waals surface area contributed by atoms with E-state index in [0.717, 1.165) is 5.56 Å². The fraction of sp³-hybridized carbons (Fsp3) is 0.571. The van der Waals surface area contributed by atoms with Gasteiger partial charge in [0.1, 0.15) is 11.4 Å². The third-order valence-electron chi connectivity index (χ3n) is 4.08. The molecular weight excluding hydrogens is 393 g/mol. The van der Waals surface area contributed by atoms with Crippen LogP contribution in [0.25, 0.3) is 0 Å². The predicted molar refractivity (Wildman–Crippen MR) is 110 cm³/mol. The molecule has 0 spiro atoms. The number of nitrogens with two attached hydrogens (primary N) is 1. The number of methoxy groups -OCH3 is 1. The maximum Gasteiger partial charge on any atom is 0.407 e. The minimum absolute atomic E-state index is 0.00629. The Morgan fingerprint density at radius 2 is 1.93 bits per heavy atom. The molecule has 0 saturated carbocycles. The second-order valence-corrected chi connectivity index (χ2v) is 8.02. The van der Waals surface area contributed by atoms with Crippen molar-refractivity contribution in [1.29, 1.82) is 0 Å². The molecule has 1 aromatic carbocycles. The highest BCUT2D eigenvalue weighted by Gasteiger charge is 2.25. The molecule has 3 N–H and O–H groups in total. The van der Waals surface area contributed by atoms with Crippen LogP contribution in [0.1, 0.15) is 44.7 Å². The summed E-state index contributed by atoms with van der Waals surface area (Å²) in [5.74, 6) is -1.55. The van der Waals surface area contributed by atoms with Crippen molar-refractivity contribution in [3.05, 3.63) is 35.1 Å². The zero-order valence-electron chi connectivity index (χ0n) is 18.3. The van der Waals surface area contributed by atoms with E-state index in [1.54, 1.807) is 32.9 Å². The monoisotopic (exact) mass is 425 g/mol. The van der Waals surface area contributed by atoms with Gasteiger partial charge in [0.15, 0.2) is 0 Å². The topological polar surface area (TPSA) is 111 Å². The number of hydrogen-bond acceptors (Lipinski definition) is 6. The maximum absolute atomic E-state index is 14.2. The Hall–Kier alpha value is -2.68. The molecule has 0 aliphatic rings. The first kappa shape index (κ1) is 25.4. The van der Waals surface area contributed by atoms with Crippen LogP contribution in [0, 0.1) is 12.7 Å². The van der Waals surface area contributed by atoms with E-state index in [-0.39, 0.29) is 26.1 Å². The van der Waals surface area contributed by atoms with Gasteiger partial charge in [-0.05, 0) is 40.2 Å². The second-order valence-electron chi connectivity index (χ2n) is 8.02. The summed E-state index contributed by atoms with van der Waals surface area (Å²) >= 11 is 0. The minimum atomic E-state index is -1.11. The van der Waals surface area contributed by atoms with Crippen LogP contribution in [0.3, 0.4) is 0 Å². The number of carbonyl (C=O) groups is 3. The molecule has 1 rings (SSSR count). The Morgan fingerprint density at radius 3 is 2.53 bits per heavy atom. The molecule has 0 saturated heterocycles. The molecule has 0 aliphatic carbocycles. The number of carbonyl (C=O) groups excluding carboxylic acids is 3. The molecule has 9 heteroatoms. The summed E-state index contributed by atoms with van der Waals surface area (Å²) in [6, 6.07) is 3.52. The molecule has 0 aromatic heterocycles. The largest absolute Gasteiger partial charge is 0.469 e. The number of esters is 1. The van der Waals surface area contributed by atoms with Gasteiger partial charge < -0.3 is 25.4 Å². The highest BCUT2D eigenvalue weighted by molar-refractivity contribution is 5.86. The Balaban J connectivity index is 2.79. The standard InChI is InChI=1S/C21H32FN3O5/c1-14-7-8-16(22)15(11-14)13-25(19(27)17(23)12-18(26)29-5)10-6-9-24-20(28)30-21(2,3)4/h7-8,11,17H,6,9-10,12-13,23H2,1-5H3,(H,24,28)/t17-/m0/s1. The average Bonchev–Trinajstić information content (AvgIpc) is 2.64. The van der Waals surface area contributed by atoms with Crippen LogP contribution in [0.4, 0.5) is 9.18 Å². The lowest BCUT2D eigenvalue weighted by Gasteiger charge is -2.26. The van der Waals surface area contributed by atoms with Gasteiger partial charge in [-0.15, -0.1) is 0 Å². The summed E-state index contributed by atoms with van der Waals surface area (Å²) < 4.78 is 23.9. The Labute approximate surface area is 176 Å². The first-order valence-corrected chi connectivity index (χ1v) is 9.76. The van der Waals surface area contributed by atoms with Crippen LogP contribution in [0.5, 0.6) is 0 Å². The second kappa shape index (κ2) is 11.5. The van der Waals surface area contributed by atoms with Gasteiger partial charge in [-0.2, -0.15) is 0 Å². The van der Waals surface area contributed by atoms with Crippen LogP contribution in [-0.4, -0.2) is 54.7 Å². The van der Waals surface area contributed by atoms with Crippen molar-refractivity contribution in [1.82, 2.24) is 10.2 Å². The van der Waals surface area contributed by atoms with Gasteiger partial charge in [-0.3, -0.25) is 9.59 Å². The molecule has 0 radical (unpaired) electrons. The number of aryl methyl sites for hydroxylation is 1. The van der Waals surface area contributed by atoms with E-state index in [9.17, 15) is 18.8 Å². The van der Waals surface area contributed by atoms with E-state index in [4.69, 9.17) is 10.5 Å². The molecule has 8 nitrogen and oxygen atoms in total. The number of alkyl carbamates (subject to hydrolysis) is 1. The number of hydrogen-bond donors (Lipinski definition) is 2. The number of nitrogens with one attached hydrogen (secondary N) is 1. The third-order valence-corrected chi connectivity index (χ3v) is 4.08. The van der Waals surface area contributed by atoms with E-state index in [2.05, 4.69) is 10.1 Å². The molecule has 0 fully saturated rings. The smallest absolute Gasteiger partial charge is 0.407 e. The van der Waals surface area contributed by atoms with Gasteiger partial charge in [0, 0.05) is 25.2 Å². The zero-order chi connectivity index (χ0) is 22.9. The van der Waals surface area contributed by atoms with Gasteiger partial charge in [0.2, 0.25) is 5.91 Å². The minimum Gasteiger partial charge on any atom is -0.469 e. The van der Waals surface area contributed by atoms with Gasteiger partial charge in [0.05, 0.1) is 19.6 Å². The van der Waals surface area contributed by atoms with Crippen molar-refractivity contribution >= 4 is 18.0 Å². The van der Waals surface area contributed by atoms with E-state index in [0.29, 0.717) is 12.0 Å². The SMILES string of the molecule is COC(=O)C[C@H](N)C(=O)N(CCCNC(=O)OC(C)(C)C)Cc1cc(C)ccc1F. The first-order chi connectivity index (χ1) is 13.9. The van der Waals surface area contributed by atoms with Gasteiger partial charge in [0.25, 0.3) is 0 Å². The van der Waals surface area contributed by atoms with Crippen molar-refractivity contribution < 1.29 is 28.2 Å². The summed E-state index contributed by atoms with van der Waals surface area (Å²) in [7, 11) is 1.21. The number of ether oxygens (including phenoxy) is 2. The lowest BCUT2D eigenvalue weighted by atomic mass is 10.1. The van der Waals surface area contributed by atoms with Gasteiger partial charge in [-0.1, -0.05) is 17.7 Å². The Morgan fingerprint density at radius 1 is 1.27 bits per heavy atom. The number of halogens is 1. The molecule has 2 amide bonds. The van der Waals surface area contributed by atoms with Crippen molar-refractivity contribution in [2.24, 2.45) is 5.73 Å². The zero-order valence-corrected chi connectivity index (χ0v) is 18.3. The van der Waals surface area contributed by atoms with Crippen LogP contribution in [-0.2, 0) is 25.6 Å². The van der Waals surface area contributed by atoms with E-state index < -0.39 is 35.4 Å². The number of nitrogens with zero attached hydrogens (tertiary/aromatic N) is 1. The van der Waals surface area contributed by atoms with Crippen molar-refractivity contribution in [3.63, 3.8) is 0 Å². The lowest BCUT2D eigenvalue weighted by Crippen LogP contribution is -2.45. The fourth-order valence-electron chi connectivity index (χ4n) is 2.66. The lowest BCUT2D eigenvalue weighted by molar-refractivity contribution is -0.144. The quantitative estimate of drug-likeness (QED) is 0.464. The maximum atomic E-state index is 14.2. The fourth-order valence-corrected chi connectivity index (χ4v) is 2.66. The first-order valence-electron chi connectivity index (χ1n) is 9.76. The molecule has 168 valence electrons. The number of benzene rings is 1. The molecule has 1 atom stereocenters. The molecule has 0 bridgehead atoms. The highest BCUT2D eigenvalue weighted by Crippen LogP contribution is 2.14. The molecule has 30 heavy (non-hydrogen) atoms. The van der Waals surface area contributed by atoms with Gasteiger partial charge in [-0.25, -0.2) is 9.18 Å². The van der Waals surface area contributed by atoms with Crippen molar-refractivity contribution in [3.8, 4) is 0 Å². The van der Waals surface area contributed by atoms with Gasteiger partial charge >= 0.3 is 12.1 Å². The predicted octanol–water partition coefficient (Wildman–Crippen LogP) is 2.27. The summed E-state index contributed by atoms with van der Waals surface area (Å²) in [5, 5.41) is 2.61. The highest BCUT2D eigenvalue weighted by atomic mass is 19.1. The summed E-state index contributed by atoms with van der Waals surface area (Å²) in [4.78, 5) is 37.3. The molecule has 0 heterocycles. The summed E-state index contributed by atoms with van der Waals surface area (Å²) in [6.07, 6.45) is -0.450. The van der Waals surface area contributed by atoms with E-state index in [1.165, 1.54) is 18.1 Å². The van der Waals surface area contributed by atoms with Crippen LogP contribution >= 0.6 is 0 Å². The number of rotatable bonds is 9. The van der Waals surface area contributed by atoms with Crippen molar-refractivity contribution in [2.45, 2.75) is 58.7 Å². The summed E-state index contributed by atoms with van der Waals surface area (Å²) in [6.45, 7) is 7.54. The Kier molecular flexibility index (Phi) is 9.71. The number of amides is 2. The molecule has 0 aliphatic heterocycles. The van der Waals surface area contributed by atoms with E-state index in [1.807, 2.05) is 6.92 Å². The molecule has 0 unspecified atom stereocenters. The van der Waals surface area contributed by atoms with Crippen LogP contribution < -0.4 is 11.1 Å². The van der Waals surface area contributed by atoms with Crippen LogP contribution in [0.15, 0.2) is 18.2 Å². The normalized spacial score (nSPS) is 12.1. The van der Waals surface area contributed by atoms with E-state index >= 15 is 0 Å². The molecular formula is C21H32FN3O5. The summed E-state index contributed by atoms with van der Waals surface area (Å²) in [5.41, 5.74) is 6.44. The Bertz CT molecular complexity index is 749. The van der Waals surface area contributed by atoms with Crippen LogP contribution in [0.2, 0.25) is 0 Å². The molecule has 1 aromatic rings. The average molecular weight is 426 g/mol. The van der Waals surface area contributed by atoms with Crippen molar-refractivity contribution in [2.75, 3.05) is 20.2 Å².